The molecule has 0 bridgehead atoms. The second-order valence-electron chi connectivity index (χ2n) is 7.66. The molecule has 3 rings (SSSR count). The Morgan fingerprint density at radius 2 is 1.74 bits per heavy atom. The van der Waals surface area contributed by atoms with Crippen LogP contribution >= 0.6 is 0 Å². The van der Waals surface area contributed by atoms with Gasteiger partial charge in [-0.3, -0.25) is 20.2 Å². The molecule has 2 amide bonds. The topological polar surface area (TPSA) is 136 Å². The van der Waals surface area contributed by atoms with Crippen LogP contribution in [0.3, 0.4) is 0 Å². The lowest BCUT2D eigenvalue weighted by Gasteiger charge is -2.36. The van der Waals surface area contributed by atoms with E-state index in [-0.39, 0.29) is 36.2 Å². The molecule has 35 heavy (non-hydrogen) atoms. The summed E-state index contributed by atoms with van der Waals surface area (Å²) in [6, 6.07) is 11.1. The van der Waals surface area contributed by atoms with Crippen molar-refractivity contribution in [1.82, 2.24) is 14.7 Å². The molecule has 0 aromatic heterocycles. The summed E-state index contributed by atoms with van der Waals surface area (Å²) < 4.78 is 40.4. The number of nitrogens with zero attached hydrogens (tertiary/aromatic N) is 3. The highest BCUT2D eigenvalue weighted by Gasteiger charge is 2.31. The standard InChI is InChI=1S/C23H24FN5O5S/c24-20-6-9-21(10-7-20)27-11-13-28(14-12-27)35(33,34)15-22(29(32)17-31)8-3-18-1-4-19(5-2-18)23(25)26-16-30/h1-2,4-7,9-10,16-17,22,32H,11-15H2,(H2,25,26,30)/p+1. The molecule has 1 heterocycles. The Labute approximate surface area is 202 Å². The molecule has 0 aliphatic carbocycles. The number of carbonyl (C=O) groups is 2. The first-order valence-electron chi connectivity index (χ1n) is 10.6. The van der Waals surface area contributed by atoms with Gasteiger partial charge in [-0.05, 0) is 48.5 Å². The average molecular weight is 503 g/mol. The van der Waals surface area contributed by atoms with Crippen LogP contribution in [-0.2, 0) is 19.6 Å². The third kappa shape index (κ3) is 6.86. The molecule has 1 aliphatic heterocycles. The largest absolute Gasteiger partial charge is 0.369 e. The molecular formula is C23H25FN5O5S+. The molecule has 1 atom stereocenters. The van der Waals surface area contributed by atoms with Crippen LogP contribution in [-0.4, -0.2) is 79.6 Å². The van der Waals surface area contributed by atoms with Gasteiger partial charge in [-0.2, -0.15) is 4.31 Å². The van der Waals surface area contributed by atoms with Gasteiger partial charge >= 0.3 is 0 Å². The van der Waals surface area contributed by atoms with E-state index in [1.165, 1.54) is 16.4 Å². The van der Waals surface area contributed by atoms with Gasteiger partial charge in [-0.1, -0.05) is 11.8 Å². The van der Waals surface area contributed by atoms with Crippen LogP contribution in [0.2, 0.25) is 0 Å². The van der Waals surface area contributed by atoms with Gasteiger partial charge in [0, 0.05) is 37.4 Å². The number of piperazine rings is 1. The molecule has 12 heteroatoms. The molecular weight excluding hydrogens is 477 g/mol. The van der Waals surface area contributed by atoms with Crippen LogP contribution in [0, 0.1) is 17.7 Å². The number of nitrogens with two attached hydrogens (primary N) is 1. The fraction of sp³-hybridized carbons (Fsp3) is 0.261. The lowest BCUT2D eigenvalue weighted by Crippen LogP contribution is -2.51. The Bertz CT molecular complexity index is 1220. The SMILES string of the molecule is [NH2+]=C(NC=O)c1ccc(C#CC(CS(=O)(=O)N2CCN(c3ccc(F)cc3)CC2)N(O)C=O)cc1. The summed E-state index contributed by atoms with van der Waals surface area (Å²) in [5.41, 5.74) is 1.84. The fourth-order valence-electron chi connectivity index (χ4n) is 3.49. The van der Waals surface area contributed by atoms with Gasteiger partial charge in [0.05, 0.1) is 11.3 Å². The summed E-state index contributed by atoms with van der Waals surface area (Å²) in [5, 5.41) is 18.2. The Morgan fingerprint density at radius 1 is 1.11 bits per heavy atom. The molecule has 10 nitrogen and oxygen atoms in total. The summed E-state index contributed by atoms with van der Waals surface area (Å²) >= 11 is 0. The van der Waals surface area contributed by atoms with E-state index in [1.54, 1.807) is 36.4 Å². The third-order valence-corrected chi connectivity index (χ3v) is 7.30. The van der Waals surface area contributed by atoms with Gasteiger partial charge in [-0.25, -0.2) is 23.2 Å². The van der Waals surface area contributed by atoms with Crippen molar-refractivity contribution in [3.05, 3.63) is 65.5 Å². The molecule has 2 aromatic carbocycles. The molecule has 1 fully saturated rings. The lowest BCUT2D eigenvalue weighted by molar-refractivity contribution is -0.153. The zero-order valence-corrected chi connectivity index (χ0v) is 19.5. The minimum atomic E-state index is -3.86. The number of rotatable bonds is 8. The van der Waals surface area contributed by atoms with E-state index in [2.05, 4.69) is 17.2 Å². The molecule has 1 unspecified atom stereocenters. The monoisotopic (exact) mass is 502 g/mol. The van der Waals surface area contributed by atoms with E-state index in [4.69, 9.17) is 5.41 Å². The van der Waals surface area contributed by atoms with Crippen molar-refractivity contribution in [2.45, 2.75) is 6.04 Å². The van der Waals surface area contributed by atoms with E-state index in [9.17, 15) is 27.6 Å². The smallest absolute Gasteiger partial charge is 0.295 e. The van der Waals surface area contributed by atoms with E-state index in [1.807, 2.05) is 4.90 Å². The molecule has 1 aliphatic rings. The number of halogens is 1. The molecule has 184 valence electrons. The maximum Gasteiger partial charge on any atom is 0.295 e. The number of hydroxylamine groups is 2. The number of anilines is 1. The van der Waals surface area contributed by atoms with Crippen molar-refractivity contribution >= 4 is 34.4 Å². The van der Waals surface area contributed by atoms with Crippen molar-refractivity contribution in [3.63, 3.8) is 0 Å². The molecule has 0 radical (unpaired) electrons. The maximum atomic E-state index is 13.2. The van der Waals surface area contributed by atoms with Crippen molar-refractivity contribution in [3.8, 4) is 11.8 Å². The van der Waals surface area contributed by atoms with Crippen molar-refractivity contribution in [2.75, 3.05) is 36.8 Å². The minimum Gasteiger partial charge on any atom is -0.369 e. The van der Waals surface area contributed by atoms with Gasteiger partial charge in [0.15, 0.2) is 0 Å². The molecule has 0 saturated carbocycles. The lowest BCUT2D eigenvalue weighted by atomic mass is 10.1. The number of hydrogen-bond donors (Lipinski definition) is 3. The van der Waals surface area contributed by atoms with Gasteiger partial charge in [0.1, 0.15) is 11.9 Å². The van der Waals surface area contributed by atoms with Crippen LogP contribution in [0.25, 0.3) is 0 Å². The van der Waals surface area contributed by atoms with Crippen molar-refractivity contribution in [1.29, 1.82) is 0 Å². The average Bonchev–Trinajstić information content (AvgIpc) is 2.87. The number of benzene rings is 2. The molecule has 0 spiro atoms. The molecule has 4 N–H and O–H groups in total. The predicted molar refractivity (Wildman–Crippen MR) is 126 cm³/mol. The van der Waals surface area contributed by atoms with Crippen LogP contribution in [0.4, 0.5) is 10.1 Å². The van der Waals surface area contributed by atoms with Gasteiger partial charge in [-0.15, -0.1) is 0 Å². The minimum absolute atomic E-state index is 0.102. The van der Waals surface area contributed by atoms with E-state index in [0.29, 0.717) is 30.6 Å². The van der Waals surface area contributed by atoms with Crippen molar-refractivity contribution in [2.24, 2.45) is 0 Å². The zero-order valence-electron chi connectivity index (χ0n) is 18.7. The first-order chi connectivity index (χ1) is 16.7. The number of hydrogen-bond acceptors (Lipinski definition) is 6. The highest BCUT2D eigenvalue weighted by Crippen LogP contribution is 2.19. The summed E-state index contributed by atoms with van der Waals surface area (Å²) in [7, 11) is -3.86. The predicted octanol–water partition coefficient (Wildman–Crippen LogP) is -1.20. The number of carbonyl (C=O) groups excluding carboxylic acids is 2. The first kappa shape index (κ1) is 25.8. The highest BCUT2D eigenvalue weighted by molar-refractivity contribution is 7.89. The summed E-state index contributed by atoms with van der Waals surface area (Å²) in [6.07, 6.45) is 0.553. The van der Waals surface area contributed by atoms with Gasteiger partial charge < -0.3 is 4.90 Å². The van der Waals surface area contributed by atoms with Crippen LogP contribution in [0.15, 0.2) is 48.5 Å². The molecule has 2 aromatic rings. The van der Waals surface area contributed by atoms with Crippen LogP contribution in [0.5, 0.6) is 0 Å². The zero-order chi connectivity index (χ0) is 25.4. The van der Waals surface area contributed by atoms with E-state index >= 15 is 0 Å². The Balaban J connectivity index is 1.67. The third-order valence-electron chi connectivity index (χ3n) is 5.41. The molecule has 1 saturated heterocycles. The van der Waals surface area contributed by atoms with E-state index in [0.717, 1.165) is 5.69 Å². The normalized spacial score (nSPS) is 14.9. The van der Waals surface area contributed by atoms with Crippen LogP contribution in [0.1, 0.15) is 11.1 Å². The van der Waals surface area contributed by atoms with Gasteiger partial charge in [0.25, 0.3) is 12.2 Å². The second-order valence-corrected chi connectivity index (χ2v) is 9.68. The Hall–Kier alpha value is -3.79. The first-order valence-corrected chi connectivity index (χ1v) is 12.2. The Morgan fingerprint density at radius 3 is 2.31 bits per heavy atom. The summed E-state index contributed by atoms with van der Waals surface area (Å²) in [6.45, 7) is 1.20. The van der Waals surface area contributed by atoms with E-state index < -0.39 is 21.8 Å². The quantitative estimate of drug-likeness (QED) is 0.104. The number of nitrogens with one attached hydrogen (secondary N) is 1. The summed E-state index contributed by atoms with van der Waals surface area (Å²) in [5.74, 6) is 4.59. The van der Waals surface area contributed by atoms with Crippen LogP contribution < -0.4 is 15.6 Å². The maximum absolute atomic E-state index is 13.2. The second kappa shape index (κ2) is 11.6. The van der Waals surface area contributed by atoms with Gasteiger partial charge in [0.2, 0.25) is 16.4 Å². The number of amides is 2. The summed E-state index contributed by atoms with van der Waals surface area (Å²) in [4.78, 5) is 23.6. The highest BCUT2D eigenvalue weighted by atomic mass is 32.2. The van der Waals surface area contributed by atoms with Crippen molar-refractivity contribution < 1.29 is 33.0 Å². The fourth-order valence-corrected chi connectivity index (χ4v) is 5.05. The Kier molecular flexibility index (Phi) is 8.53. The number of sulfonamides is 1. The number of amidine groups is 1.